The Morgan fingerprint density at radius 2 is 1.78 bits per heavy atom. The molecule has 0 bridgehead atoms. The SMILES string of the molecule is c1ccc2c(c1)CN(Cc1ccc3[nH]c(CN4CCCC4)cc3c1)CCO2. The summed E-state index contributed by atoms with van der Waals surface area (Å²) in [5, 5.41) is 1.33. The van der Waals surface area contributed by atoms with E-state index in [9.17, 15) is 0 Å². The van der Waals surface area contributed by atoms with E-state index in [0.717, 1.165) is 38.5 Å². The van der Waals surface area contributed by atoms with Crippen molar-refractivity contribution in [1.82, 2.24) is 14.8 Å². The molecule has 3 aromatic rings. The highest BCUT2D eigenvalue weighted by molar-refractivity contribution is 5.81. The van der Waals surface area contributed by atoms with Crippen molar-refractivity contribution in [1.29, 1.82) is 0 Å². The van der Waals surface area contributed by atoms with Gasteiger partial charge in [-0.2, -0.15) is 0 Å². The lowest BCUT2D eigenvalue weighted by Gasteiger charge is -2.19. The van der Waals surface area contributed by atoms with Crippen LogP contribution in [0.3, 0.4) is 0 Å². The van der Waals surface area contributed by atoms with E-state index in [1.807, 2.05) is 6.07 Å². The molecule has 0 spiro atoms. The fraction of sp³-hybridized carbons (Fsp3) is 0.391. The number of hydrogen-bond acceptors (Lipinski definition) is 3. The molecule has 140 valence electrons. The topological polar surface area (TPSA) is 31.5 Å². The Labute approximate surface area is 160 Å². The van der Waals surface area contributed by atoms with E-state index in [-0.39, 0.29) is 0 Å². The van der Waals surface area contributed by atoms with Gasteiger partial charge in [-0.1, -0.05) is 24.3 Å². The van der Waals surface area contributed by atoms with Crippen molar-refractivity contribution >= 4 is 10.9 Å². The molecule has 0 radical (unpaired) electrons. The summed E-state index contributed by atoms with van der Waals surface area (Å²) < 4.78 is 5.90. The quantitative estimate of drug-likeness (QED) is 0.757. The van der Waals surface area contributed by atoms with Gasteiger partial charge in [0.05, 0.1) is 0 Å². The van der Waals surface area contributed by atoms with Crippen LogP contribution in [0.2, 0.25) is 0 Å². The second-order valence-electron chi connectivity index (χ2n) is 7.87. The maximum atomic E-state index is 5.90. The molecule has 0 aliphatic carbocycles. The fourth-order valence-corrected chi connectivity index (χ4v) is 4.38. The molecule has 1 aromatic heterocycles. The summed E-state index contributed by atoms with van der Waals surface area (Å²) in [5.74, 6) is 1.03. The molecule has 1 saturated heterocycles. The van der Waals surface area contributed by atoms with Crippen LogP contribution in [0.15, 0.2) is 48.5 Å². The molecule has 0 amide bonds. The van der Waals surface area contributed by atoms with Crippen LogP contribution >= 0.6 is 0 Å². The largest absolute Gasteiger partial charge is 0.492 e. The van der Waals surface area contributed by atoms with E-state index in [1.54, 1.807) is 0 Å². The number of ether oxygens (including phenoxy) is 1. The van der Waals surface area contributed by atoms with Crippen LogP contribution in [0.25, 0.3) is 10.9 Å². The van der Waals surface area contributed by atoms with Gasteiger partial charge < -0.3 is 9.72 Å². The standard InChI is InChI=1S/C23H27N3O/c1-2-6-23-19(5-1)16-26(11-12-27-23)15-18-7-8-22-20(13-18)14-21(24-22)17-25-9-3-4-10-25/h1-2,5-8,13-14,24H,3-4,9-12,15-17H2. The van der Waals surface area contributed by atoms with Crippen LogP contribution in [0, 0.1) is 0 Å². The molecule has 4 heteroatoms. The fourth-order valence-electron chi connectivity index (χ4n) is 4.38. The molecule has 1 N–H and O–H groups in total. The van der Waals surface area contributed by atoms with Gasteiger partial charge in [-0.3, -0.25) is 9.80 Å². The summed E-state index contributed by atoms with van der Waals surface area (Å²) in [7, 11) is 0. The second-order valence-corrected chi connectivity index (χ2v) is 7.87. The van der Waals surface area contributed by atoms with Gasteiger partial charge >= 0.3 is 0 Å². The van der Waals surface area contributed by atoms with E-state index in [4.69, 9.17) is 4.74 Å². The van der Waals surface area contributed by atoms with Gasteiger partial charge in [0, 0.05) is 48.3 Å². The van der Waals surface area contributed by atoms with Crippen molar-refractivity contribution in [2.24, 2.45) is 0 Å². The first-order valence-corrected chi connectivity index (χ1v) is 10.1. The number of hydrogen-bond donors (Lipinski definition) is 1. The van der Waals surface area contributed by atoms with Gasteiger partial charge in [0.15, 0.2) is 0 Å². The van der Waals surface area contributed by atoms with Crippen LogP contribution in [0.5, 0.6) is 5.75 Å². The van der Waals surface area contributed by atoms with E-state index in [2.05, 4.69) is 57.2 Å². The highest BCUT2D eigenvalue weighted by Gasteiger charge is 2.16. The third-order valence-electron chi connectivity index (χ3n) is 5.77. The van der Waals surface area contributed by atoms with E-state index < -0.39 is 0 Å². The zero-order valence-corrected chi connectivity index (χ0v) is 15.8. The monoisotopic (exact) mass is 361 g/mol. The molecule has 5 rings (SSSR count). The molecular weight excluding hydrogens is 334 g/mol. The zero-order chi connectivity index (χ0) is 18.1. The molecule has 2 aromatic carbocycles. The number of likely N-dealkylation sites (tertiary alicyclic amines) is 1. The van der Waals surface area contributed by atoms with Crippen LogP contribution in [-0.2, 0) is 19.6 Å². The predicted molar refractivity (Wildman–Crippen MR) is 109 cm³/mol. The van der Waals surface area contributed by atoms with E-state index in [1.165, 1.54) is 53.7 Å². The maximum absolute atomic E-state index is 5.90. The normalized spacial score (nSPS) is 18.4. The van der Waals surface area contributed by atoms with Crippen LogP contribution in [0.1, 0.15) is 29.7 Å². The Hall–Kier alpha value is -2.30. The minimum Gasteiger partial charge on any atom is -0.492 e. The molecule has 27 heavy (non-hydrogen) atoms. The first-order chi connectivity index (χ1) is 13.3. The third kappa shape index (κ3) is 3.73. The number of rotatable bonds is 4. The first-order valence-electron chi connectivity index (χ1n) is 10.1. The van der Waals surface area contributed by atoms with Crippen molar-refractivity contribution < 1.29 is 4.74 Å². The average Bonchev–Trinajstić information content (AvgIpc) is 3.27. The van der Waals surface area contributed by atoms with Gasteiger partial charge in [-0.25, -0.2) is 0 Å². The van der Waals surface area contributed by atoms with Gasteiger partial charge in [0.2, 0.25) is 0 Å². The Balaban J connectivity index is 1.31. The van der Waals surface area contributed by atoms with E-state index >= 15 is 0 Å². The molecule has 2 aliphatic heterocycles. The Bertz CT molecular complexity index is 926. The van der Waals surface area contributed by atoms with Crippen molar-refractivity contribution in [3.05, 3.63) is 65.4 Å². The van der Waals surface area contributed by atoms with Crippen molar-refractivity contribution in [2.45, 2.75) is 32.5 Å². The second kappa shape index (κ2) is 7.37. The molecule has 2 aliphatic rings. The smallest absolute Gasteiger partial charge is 0.123 e. The van der Waals surface area contributed by atoms with Crippen LogP contribution < -0.4 is 4.74 Å². The summed E-state index contributed by atoms with van der Waals surface area (Å²) >= 11 is 0. The molecule has 0 unspecified atom stereocenters. The van der Waals surface area contributed by atoms with Crippen molar-refractivity contribution in [3.63, 3.8) is 0 Å². The summed E-state index contributed by atoms with van der Waals surface area (Å²) in [4.78, 5) is 8.62. The minimum atomic E-state index is 0.753. The molecule has 0 atom stereocenters. The van der Waals surface area contributed by atoms with Gasteiger partial charge in [-0.15, -0.1) is 0 Å². The Morgan fingerprint density at radius 3 is 2.70 bits per heavy atom. The zero-order valence-electron chi connectivity index (χ0n) is 15.8. The van der Waals surface area contributed by atoms with E-state index in [0.29, 0.717) is 0 Å². The van der Waals surface area contributed by atoms with Crippen LogP contribution in [0.4, 0.5) is 0 Å². The summed E-state index contributed by atoms with van der Waals surface area (Å²) in [5.41, 5.74) is 5.23. The van der Waals surface area contributed by atoms with Crippen molar-refractivity contribution in [2.75, 3.05) is 26.2 Å². The number of aromatic amines is 1. The average molecular weight is 361 g/mol. The minimum absolute atomic E-state index is 0.753. The maximum Gasteiger partial charge on any atom is 0.123 e. The lowest BCUT2D eigenvalue weighted by atomic mass is 10.1. The predicted octanol–water partition coefficient (Wildman–Crippen LogP) is 4.16. The number of nitrogens with one attached hydrogen (secondary N) is 1. The lowest BCUT2D eigenvalue weighted by molar-refractivity contribution is 0.219. The molecule has 3 heterocycles. The number of para-hydroxylation sites is 1. The number of aromatic nitrogens is 1. The highest BCUT2D eigenvalue weighted by atomic mass is 16.5. The van der Waals surface area contributed by atoms with Gasteiger partial charge in [0.1, 0.15) is 12.4 Å². The Morgan fingerprint density at radius 1 is 0.889 bits per heavy atom. The highest BCUT2D eigenvalue weighted by Crippen LogP contribution is 2.25. The molecular formula is C23H27N3O. The Kier molecular flexibility index (Phi) is 4.60. The summed E-state index contributed by atoms with van der Waals surface area (Å²) in [6.07, 6.45) is 2.68. The number of H-pyrrole nitrogens is 1. The molecule has 1 fully saturated rings. The molecule has 0 saturated carbocycles. The number of nitrogens with zero attached hydrogens (tertiary/aromatic N) is 2. The number of fused-ring (bicyclic) bond motifs is 2. The van der Waals surface area contributed by atoms with Gasteiger partial charge in [0.25, 0.3) is 0 Å². The third-order valence-corrected chi connectivity index (χ3v) is 5.77. The summed E-state index contributed by atoms with van der Waals surface area (Å²) in [6.45, 7) is 7.13. The summed E-state index contributed by atoms with van der Waals surface area (Å²) in [6, 6.07) is 17.6. The molecule has 4 nitrogen and oxygen atoms in total. The van der Waals surface area contributed by atoms with Gasteiger partial charge in [-0.05, 0) is 55.8 Å². The lowest BCUT2D eigenvalue weighted by Crippen LogP contribution is -2.25. The number of benzene rings is 2. The van der Waals surface area contributed by atoms with Crippen LogP contribution in [-0.4, -0.2) is 41.0 Å². The van der Waals surface area contributed by atoms with Crippen molar-refractivity contribution in [3.8, 4) is 5.75 Å². The first kappa shape index (κ1) is 16.8.